The van der Waals surface area contributed by atoms with Crippen LogP contribution in [0.4, 0.5) is 10.3 Å². The van der Waals surface area contributed by atoms with Gasteiger partial charge in [0.15, 0.2) is 5.65 Å². The monoisotopic (exact) mass is 362 g/mol. The van der Waals surface area contributed by atoms with Crippen LogP contribution in [0.3, 0.4) is 0 Å². The number of anilines is 1. The molecule has 2 aromatic carbocycles. The van der Waals surface area contributed by atoms with Gasteiger partial charge in [0.05, 0.1) is 7.11 Å². The van der Waals surface area contributed by atoms with Crippen LogP contribution in [0.5, 0.6) is 5.88 Å². The number of hydrogen-bond acceptors (Lipinski definition) is 4. The van der Waals surface area contributed by atoms with Gasteiger partial charge in [-0.15, -0.1) is 5.10 Å². The molecule has 0 bridgehead atoms. The van der Waals surface area contributed by atoms with E-state index in [1.165, 1.54) is 29.8 Å². The molecule has 1 N–H and O–H groups in total. The molecule has 0 fully saturated rings. The molecule has 0 aliphatic carbocycles. The maximum Gasteiger partial charge on any atom is 0.258 e. The summed E-state index contributed by atoms with van der Waals surface area (Å²) < 4.78 is 20.2. The van der Waals surface area contributed by atoms with Crippen LogP contribution in [-0.2, 0) is 0 Å². The average molecular weight is 362 g/mol. The number of fused-ring (bicyclic) bond motifs is 1. The van der Waals surface area contributed by atoms with Crippen LogP contribution in [0.25, 0.3) is 16.8 Å². The normalized spacial score (nSPS) is 10.7. The zero-order valence-electron chi connectivity index (χ0n) is 14.4. The van der Waals surface area contributed by atoms with E-state index in [0.29, 0.717) is 11.5 Å². The van der Waals surface area contributed by atoms with Crippen LogP contribution < -0.4 is 10.1 Å². The third kappa shape index (κ3) is 3.22. The zero-order valence-corrected chi connectivity index (χ0v) is 14.4. The van der Waals surface area contributed by atoms with E-state index in [9.17, 15) is 9.18 Å². The summed E-state index contributed by atoms with van der Waals surface area (Å²) in [7, 11) is 1.53. The Balaban J connectivity index is 1.76. The molecule has 2 heterocycles. The lowest BCUT2D eigenvalue weighted by Crippen LogP contribution is -2.13. The van der Waals surface area contributed by atoms with Gasteiger partial charge in [0.2, 0.25) is 11.8 Å². The number of pyridine rings is 1. The maximum absolute atomic E-state index is 13.3. The Bertz CT molecular complexity index is 1130. The molecule has 4 rings (SSSR count). The quantitative estimate of drug-likeness (QED) is 0.600. The summed E-state index contributed by atoms with van der Waals surface area (Å²) in [6.45, 7) is 0. The van der Waals surface area contributed by atoms with Crippen LogP contribution in [0.1, 0.15) is 10.4 Å². The summed E-state index contributed by atoms with van der Waals surface area (Å²) in [4.78, 5) is 16.8. The summed E-state index contributed by atoms with van der Waals surface area (Å²) in [6, 6.07) is 18.8. The summed E-state index contributed by atoms with van der Waals surface area (Å²) >= 11 is 0. The number of carbonyl (C=O) groups excluding carboxylic acids is 1. The fourth-order valence-corrected chi connectivity index (χ4v) is 2.79. The second kappa shape index (κ2) is 6.87. The van der Waals surface area contributed by atoms with E-state index in [2.05, 4.69) is 15.4 Å². The van der Waals surface area contributed by atoms with Crippen LogP contribution in [-0.4, -0.2) is 27.6 Å². The first kappa shape index (κ1) is 16.7. The molecular weight excluding hydrogens is 347 g/mol. The van der Waals surface area contributed by atoms with Gasteiger partial charge in [-0.2, -0.15) is 9.50 Å². The Morgan fingerprint density at radius 1 is 1.07 bits per heavy atom. The molecule has 0 unspecified atom stereocenters. The summed E-state index contributed by atoms with van der Waals surface area (Å²) in [6.07, 6.45) is 0. The highest BCUT2D eigenvalue weighted by atomic mass is 19.1. The molecule has 6 nitrogen and oxygen atoms in total. The first-order valence-corrected chi connectivity index (χ1v) is 8.22. The largest absolute Gasteiger partial charge is 0.481 e. The molecule has 0 atom stereocenters. The van der Waals surface area contributed by atoms with Crippen molar-refractivity contribution in [2.75, 3.05) is 12.4 Å². The van der Waals surface area contributed by atoms with Gasteiger partial charge in [-0.05, 0) is 29.8 Å². The number of ether oxygens (including phenoxy) is 1. The minimum Gasteiger partial charge on any atom is -0.481 e. The molecule has 0 radical (unpaired) electrons. The van der Waals surface area contributed by atoms with E-state index < -0.39 is 11.7 Å². The lowest BCUT2D eigenvalue weighted by molar-refractivity contribution is 0.102. The van der Waals surface area contributed by atoms with Crippen molar-refractivity contribution in [3.8, 4) is 17.0 Å². The molecule has 134 valence electrons. The Hall–Kier alpha value is -3.74. The fourth-order valence-electron chi connectivity index (χ4n) is 2.79. The number of benzene rings is 2. The van der Waals surface area contributed by atoms with Crippen LogP contribution in [0.15, 0.2) is 66.7 Å². The number of methoxy groups -OCH3 is 1. The van der Waals surface area contributed by atoms with Crippen molar-refractivity contribution < 1.29 is 13.9 Å². The van der Waals surface area contributed by atoms with E-state index in [1.54, 1.807) is 6.07 Å². The van der Waals surface area contributed by atoms with E-state index in [4.69, 9.17) is 4.74 Å². The molecule has 27 heavy (non-hydrogen) atoms. The van der Waals surface area contributed by atoms with E-state index in [0.717, 1.165) is 17.2 Å². The van der Waals surface area contributed by atoms with Crippen molar-refractivity contribution in [1.29, 1.82) is 0 Å². The standard InChI is InChI=1S/C20H15FN4O2/c1-27-17-11-10-16(13-6-3-2-4-7-13)18-22-20(24-25(17)18)23-19(26)14-8-5-9-15(21)12-14/h2-12H,1H3,(H,23,24,26). The highest BCUT2D eigenvalue weighted by molar-refractivity contribution is 6.03. The van der Waals surface area contributed by atoms with Gasteiger partial charge in [-0.3, -0.25) is 10.1 Å². The molecule has 0 spiro atoms. The SMILES string of the molecule is COc1ccc(-c2ccccc2)c2nc(NC(=O)c3cccc(F)c3)nn12. The van der Waals surface area contributed by atoms with Crippen molar-refractivity contribution in [2.24, 2.45) is 0 Å². The number of carbonyl (C=O) groups is 1. The van der Waals surface area contributed by atoms with Crippen molar-refractivity contribution in [3.05, 3.63) is 78.1 Å². The zero-order chi connectivity index (χ0) is 18.8. The average Bonchev–Trinajstić information content (AvgIpc) is 3.11. The van der Waals surface area contributed by atoms with E-state index >= 15 is 0 Å². The lowest BCUT2D eigenvalue weighted by Gasteiger charge is -2.06. The number of rotatable bonds is 4. The van der Waals surface area contributed by atoms with Gasteiger partial charge >= 0.3 is 0 Å². The van der Waals surface area contributed by atoms with Crippen LogP contribution in [0, 0.1) is 5.82 Å². The molecule has 0 aliphatic rings. The highest BCUT2D eigenvalue weighted by Gasteiger charge is 2.16. The second-order valence-corrected chi connectivity index (χ2v) is 5.79. The molecule has 0 saturated heterocycles. The van der Waals surface area contributed by atoms with Crippen LogP contribution in [0.2, 0.25) is 0 Å². The molecule has 7 heteroatoms. The third-order valence-electron chi connectivity index (χ3n) is 4.06. The van der Waals surface area contributed by atoms with Crippen molar-refractivity contribution >= 4 is 17.5 Å². The third-order valence-corrected chi connectivity index (χ3v) is 4.06. The van der Waals surface area contributed by atoms with Gasteiger partial charge in [0, 0.05) is 17.2 Å². The summed E-state index contributed by atoms with van der Waals surface area (Å²) in [5, 5.41) is 6.91. The number of nitrogens with zero attached hydrogens (tertiary/aromatic N) is 3. The number of aromatic nitrogens is 3. The molecule has 0 aliphatic heterocycles. The number of hydrogen-bond donors (Lipinski definition) is 1. The van der Waals surface area contributed by atoms with E-state index in [-0.39, 0.29) is 11.5 Å². The minimum atomic E-state index is -0.495. The number of amides is 1. The number of nitrogens with one attached hydrogen (secondary N) is 1. The Labute approximate surface area is 154 Å². The fraction of sp³-hybridized carbons (Fsp3) is 0.0500. The van der Waals surface area contributed by atoms with Gasteiger partial charge < -0.3 is 4.74 Å². The Kier molecular flexibility index (Phi) is 4.25. The van der Waals surface area contributed by atoms with Crippen LogP contribution >= 0.6 is 0 Å². The van der Waals surface area contributed by atoms with E-state index in [1.807, 2.05) is 36.4 Å². The van der Waals surface area contributed by atoms with Gasteiger partial charge in [0.1, 0.15) is 5.82 Å². The first-order chi connectivity index (χ1) is 13.2. The number of halogens is 1. The maximum atomic E-state index is 13.3. The summed E-state index contributed by atoms with van der Waals surface area (Å²) in [5.41, 5.74) is 2.52. The second-order valence-electron chi connectivity index (χ2n) is 5.79. The minimum absolute atomic E-state index is 0.103. The Morgan fingerprint density at radius 3 is 2.63 bits per heavy atom. The molecule has 4 aromatic rings. The van der Waals surface area contributed by atoms with Crippen molar-refractivity contribution in [3.63, 3.8) is 0 Å². The highest BCUT2D eigenvalue weighted by Crippen LogP contribution is 2.27. The lowest BCUT2D eigenvalue weighted by atomic mass is 10.1. The van der Waals surface area contributed by atoms with Crippen molar-refractivity contribution in [1.82, 2.24) is 14.6 Å². The van der Waals surface area contributed by atoms with Gasteiger partial charge in [-0.1, -0.05) is 36.4 Å². The van der Waals surface area contributed by atoms with Gasteiger partial charge in [0.25, 0.3) is 5.91 Å². The predicted molar refractivity (Wildman–Crippen MR) is 99.3 cm³/mol. The van der Waals surface area contributed by atoms with Gasteiger partial charge in [-0.25, -0.2) is 4.39 Å². The Morgan fingerprint density at radius 2 is 1.89 bits per heavy atom. The molecule has 1 amide bonds. The topological polar surface area (TPSA) is 68.5 Å². The first-order valence-electron chi connectivity index (χ1n) is 8.22. The van der Waals surface area contributed by atoms with Crippen molar-refractivity contribution in [2.45, 2.75) is 0 Å². The molecule has 2 aromatic heterocycles. The summed E-state index contributed by atoms with van der Waals surface area (Å²) in [5.74, 6) is -0.404. The predicted octanol–water partition coefficient (Wildman–Crippen LogP) is 3.80. The smallest absolute Gasteiger partial charge is 0.258 e. The molecule has 0 saturated carbocycles. The molecular formula is C20H15FN4O2.